The fourth-order valence-electron chi connectivity index (χ4n) is 2.30. The summed E-state index contributed by atoms with van der Waals surface area (Å²) < 4.78 is 5.48. The summed E-state index contributed by atoms with van der Waals surface area (Å²) >= 11 is 11.9. The largest absolute Gasteiger partial charge is 0.378 e. The lowest BCUT2D eigenvalue weighted by Crippen LogP contribution is -2.32. The lowest BCUT2D eigenvalue weighted by atomic mass is 9.78. The normalized spacial score (nSPS) is 22.6. The van der Waals surface area contributed by atoms with Gasteiger partial charge in [0.25, 0.3) is 0 Å². The molecule has 0 N–H and O–H groups in total. The third-order valence-electron chi connectivity index (χ3n) is 3.30. The van der Waals surface area contributed by atoms with Gasteiger partial charge in [-0.3, -0.25) is 4.79 Å². The van der Waals surface area contributed by atoms with Crippen LogP contribution in [0.4, 0.5) is 0 Å². The molecule has 1 aliphatic carbocycles. The van der Waals surface area contributed by atoms with Crippen LogP contribution in [0.3, 0.4) is 0 Å². The molecule has 2 nitrogen and oxygen atoms in total. The predicted molar refractivity (Wildman–Crippen MR) is 73.5 cm³/mol. The maximum absolute atomic E-state index is 12.1. The Balaban J connectivity index is 1.91. The van der Waals surface area contributed by atoms with E-state index in [9.17, 15) is 4.79 Å². The Morgan fingerprint density at radius 2 is 2.11 bits per heavy atom. The topological polar surface area (TPSA) is 26.3 Å². The molecule has 4 heteroatoms. The van der Waals surface area contributed by atoms with Crippen molar-refractivity contribution in [1.29, 1.82) is 0 Å². The van der Waals surface area contributed by atoms with E-state index in [0.29, 0.717) is 34.1 Å². The molecule has 2 rings (SSSR count). The molecule has 1 fully saturated rings. The standard InChI is InChI=1S/C14H16Cl2O2/c1-2-18-11-5-9(6-11)7-14(17)12-8-10(15)3-4-13(12)16/h3-4,8-9,11H,2,5-7H2,1H3. The fraction of sp³-hybridized carbons (Fsp3) is 0.500. The van der Waals surface area contributed by atoms with E-state index >= 15 is 0 Å². The summed E-state index contributed by atoms with van der Waals surface area (Å²) in [6.07, 6.45) is 2.81. The average Bonchev–Trinajstić information content (AvgIpc) is 2.29. The molecule has 0 aromatic heterocycles. The number of carbonyl (C=O) groups is 1. The molecular weight excluding hydrogens is 271 g/mol. The second kappa shape index (κ2) is 6.05. The van der Waals surface area contributed by atoms with Gasteiger partial charge in [-0.2, -0.15) is 0 Å². The number of benzene rings is 1. The minimum absolute atomic E-state index is 0.0717. The van der Waals surface area contributed by atoms with E-state index in [1.165, 1.54) is 0 Å². The highest BCUT2D eigenvalue weighted by molar-refractivity contribution is 6.35. The smallest absolute Gasteiger partial charge is 0.164 e. The summed E-state index contributed by atoms with van der Waals surface area (Å²) in [4.78, 5) is 12.1. The van der Waals surface area contributed by atoms with Crippen LogP contribution in [0, 0.1) is 5.92 Å². The second-order valence-electron chi connectivity index (χ2n) is 4.67. The Bertz CT molecular complexity index is 439. The van der Waals surface area contributed by atoms with Crippen molar-refractivity contribution in [2.45, 2.75) is 32.3 Å². The first-order chi connectivity index (χ1) is 8.60. The Morgan fingerprint density at radius 1 is 1.39 bits per heavy atom. The van der Waals surface area contributed by atoms with Crippen LogP contribution in [0.5, 0.6) is 0 Å². The zero-order valence-electron chi connectivity index (χ0n) is 10.3. The number of hydrogen-bond acceptors (Lipinski definition) is 2. The Morgan fingerprint density at radius 3 is 2.78 bits per heavy atom. The van der Waals surface area contributed by atoms with Gasteiger partial charge in [0.2, 0.25) is 0 Å². The summed E-state index contributed by atoms with van der Waals surface area (Å²) in [6, 6.07) is 5.00. The molecule has 0 bridgehead atoms. The van der Waals surface area contributed by atoms with Crippen LogP contribution < -0.4 is 0 Å². The molecule has 0 radical (unpaired) electrons. The SMILES string of the molecule is CCOC1CC(CC(=O)c2cc(Cl)ccc2Cl)C1. The Kier molecular flexibility index (Phi) is 4.66. The van der Waals surface area contributed by atoms with Crippen molar-refractivity contribution >= 4 is 29.0 Å². The van der Waals surface area contributed by atoms with Crippen LogP contribution in [0.15, 0.2) is 18.2 Å². The van der Waals surface area contributed by atoms with Gasteiger partial charge in [-0.1, -0.05) is 23.2 Å². The molecule has 1 aliphatic rings. The summed E-state index contributed by atoms with van der Waals surface area (Å²) in [6.45, 7) is 2.73. The molecule has 0 amide bonds. The van der Waals surface area contributed by atoms with E-state index in [4.69, 9.17) is 27.9 Å². The van der Waals surface area contributed by atoms with Gasteiger partial charge in [-0.15, -0.1) is 0 Å². The first kappa shape index (κ1) is 13.9. The summed E-state index contributed by atoms with van der Waals surface area (Å²) in [5, 5.41) is 1.02. The zero-order valence-corrected chi connectivity index (χ0v) is 11.8. The molecule has 1 aromatic carbocycles. The summed E-state index contributed by atoms with van der Waals surface area (Å²) in [5.74, 6) is 0.492. The quantitative estimate of drug-likeness (QED) is 0.751. The number of ketones is 1. The lowest BCUT2D eigenvalue weighted by Gasteiger charge is -2.34. The van der Waals surface area contributed by atoms with Gasteiger partial charge < -0.3 is 4.74 Å². The molecule has 18 heavy (non-hydrogen) atoms. The highest BCUT2D eigenvalue weighted by Gasteiger charge is 2.31. The van der Waals surface area contributed by atoms with Gasteiger partial charge in [0.15, 0.2) is 5.78 Å². The molecule has 0 unspecified atom stereocenters. The molecule has 1 saturated carbocycles. The van der Waals surface area contributed by atoms with E-state index in [-0.39, 0.29) is 5.78 Å². The van der Waals surface area contributed by atoms with Crippen molar-refractivity contribution in [3.8, 4) is 0 Å². The summed E-state index contributed by atoms with van der Waals surface area (Å²) in [5.41, 5.74) is 0.532. The lowest BCUT2D eigenvalue weighted by molar-refractivity contribution is -0.0246. The van der Waals surface area contributed by atoms with Crippen molar-refractivity contribution in [2.24, 2.45) is 5.92 Å². The molecule has 0 heterocycles. The van der Waals surface area contributed by atoms with Crippen molar-refractivity contribution in [2.75, 3.05) is 6.61 Å². The van der Waals surface area contributed by atoms with Gasteiger partial charge in [0.05, 0.1) is 11.1 Å². The molecule has 0 atom stereocenters. The van der Waals surface area contributed by atoms with Crippen LogP contribution in [0.25, 0.3) is 0 Å². The van der Waals surface area contributed by atoms with E-state index < -0.39 is 0 Å². The number of rotatable bonds is 5. The number of Topliss-reactive ketones (excluding diaryl/α,β-unsaturated/α-hetero) is 1. The van der Waals surface area contributed by atoms with E-state index in [2.05, 4.69) is 0 Å². The minimum Gasteiger partial charge on any atom is -0.378 e. The average molecular weight is 287 g/mol. The Labute approximate surface area is 117 Å². The minimum atomic E-state index is 0.0717. The van der Waals surface area contributed by atoms with E-state index in [1.807, 2.05) is 6.92 Å². The van der Waals surface area contributed by atoms with Crippen LogP contribution in [0.2, 0.25) is 10.0 Å². The number of halogens is 2. The summed E-state index contributed by atoms with van der Waals surface area (Å²) in [7, 11) is 0. The Hall–Kier alpha value is -0.570. The van der Waals surface area contributed by atoms with Gasteiger partial charge in [-0.25, -0.2) is 0 Å². The first-order valence-electron chi connectivity index (χ1n) is 6.20. The molecule has 0 spiro atoms. The third kappa shape index (κ3) is 3.25. The highest BCUT2D eigenvalue weighted by atomic mass is 35.5. The number of carbonyl (C=O) groups excluding carboxylic acids is 1. The van der Waals surface area contributed by atoms with Gasteiger partial charge in [0, 0.05) is 23.6 Å². The van der Waals surface area contributed by atoms with Crippen LogP contribution in [-0.2, 0) is 4.74 Å². The van der Waals surface area contributed by atoms with Crippen molar-refractivity contribution in [3.63, 3.8) is 0 Å². The third-order valence-corrected chi connectivity index (χ3v) is 3.86. The van der Waals surface area contributed by atoms with Crippen LogP contribution in [-0.4, -0.2) is 18.5 Å². The van der Waals surface area contributed by atoms with Crippen molar-refractivity contribution in [1.82, 2.24) is 0 Å². The molecule has 0 saturated heterocycles. The molecular formula is C14H16Cl2O2. The predicted octanol–water partition coefficient (Wildman–Crippen LogP) is 4.38. The van der Waals surface area contributed by atoms with Gasteiger partial charge >= 0.3 is 0 Å². The number of ether oxygens (including phenoxy) is 1. The van der Waals surface area contributed by atoms with Crippen LogP contribution >= 0.6 is 23.2 Å². The molecule has 98 valence electrons. The molecule has 0 aliphatic heterocycles. The maximum atomic E-state index is 12.1. The zero-order chi connectivity index (χ0) is 13.1. The van der Waals surface area contributed by atoms with Crippen molar-refractivity contribution in [3.05, 3.63) is 33.8 Å². The van der Waals surface area contributed by atoms with Crippen molar-refractivity contribution < 1.29 is 9.53 Å². The second-order valence-corrected chi connectivity index (χ2v) is 5.51. The van der Waals surface area contributed by atoms with Crippen LogP contribution in [0.1, 0.15) is 36.5 Å². The first-order valence-corrected chi connectivity index (χ1v) is 6.95. The van der Waals surface area contributed by atoms with Gasteiger partial charge in [-0.05, 0) is 43.9 Å². The van der Waals surface area contributed by atoms with E-state index in [0.717, 1.165) is 19.4 Å². The fourth-order valence-corrected chi connectivity index (χ4v) is 2.69. The highest BCUT2D eigenvalue weighted by Crippen LogP contribution is 2.34. The molecule has 1 aromatic rings. The van der Waals surface area contributed by atoms with Gasteiger partial charge in [0.1, 0.15) is 0 Å². The van der Waals surface area contributed by atoms with E-state index in [1.54, 1.807) is 18.2 Å². The number of hydrogen-bond donors (Lipinski definition) is 0. The maximum Gasteiger partial charge on any atom is 0.164 e. The monoisotopic (exact) mass is 286 g/mol.